The first kappa shape index (κ1) is 23.5. The van der Waals surface area contributed by atoms with Crippen molar-refractivity contribution in [2.45, 2.75) is 47.1 Å². The van der Waals surface area contributed by atoms with Gasteiger partial charge >= 0.3 is 0 Å². The van der Waals surface area contributed by atoms with E-state index in [1.807, 2.05) is 71.0 Å². The number of carbonyl (C=O) groups excluding carboxylic acids is 2. The molecule has 0 aromatic heterocycles. The molecule has 6 heteroatoms. The Bertz CT molecular complexity index is 1060. The summed E-state index contributed by atoms with van der Waals surface area (Å²) in [6, 6.07) is 11.5. The van der Waals surface area contributed by atoms with Crippen molar-refractivity contribution in [3.8, 4) is 5.75 Å². The smallest absolute Gasteiger partial charge is 0.278 e. The van der Waals surface area contributed by atoms with Crippen molar-refractivity contribution >= 4 is 23.1 Å². The third kappa shape index (κ3) is 5.02. The molecule has 1 N–H and O–H groups in total. The minimum Gasteiger partial charge on any atom is -0.495 e. The number of ether oxygens (including phenoxy) is 2. The number of aryl methyl sites for hydroxylation is 3. The zero-order valence-corrected chi connectivity index (χ0v) is 19.7. The second-order valence-corrected chi connectivity index (χ2v) is 8.41. The van der Waals surface area contributed by atoms with E-state index >= 15 is 0 Å². The summed E-state index contributed by atoms with van der Waals surface area (Å²) in [4.78, 5) is 28.1. The van der Waals surface area contributed by atoms with Crippen LogP contribution in [0.25, 0.3) is 5.57 Å². The topological polar surface area (TPSA) is 67.9 Å². The Morgan fingerprint density at radius 1 is 0.969 bits per heavy atom. The Kier molecular flexibility index (Phi) is 7.36. The predicted molar refractivity (Wildman–Crippen MR) is 127 cm³/mol. The highest BCUT2D eigenvalue weighted by Crippen LogP contribution is 2.34. The van der Waals surface area contributed by atoms with Gasteiger partial charge in [-0.25, -0.2) is 0 Å². The molecular formula is C26H32N2O4. The van der Waals surface area contributed by atoms with Crippen molar-refractivity contribution in [3.05, 3.63) is 64.3 Å². The number of hydrogen-bond donors (Lipinski definition) is 1. The molecule has 2 aromatic carbocycles. The number of anilines is 1. The van der Waals surface area contributed by atoms with E-state index in [1.165, 1.54) is 4.90 Å². The Morgan fingerprint density at radius 2 is 1.72 bits per heavy atom. The van der Waals surface area contributed by atoms with Crippen molar-refractivity contribution in [2.75, 3.05) is 25.6 Å². The van der Waals surface area contributed by atoms with E-state index in [-0.39, 0.29) is 23.6 Å². The van der Waals surface area contributed by atoms with E-state index in [2.05, 4.69) is 5.32 Å². The Morgan fingerprint density at radius 3 is 2.38 bits per heavy atom. The van der Waals surface area contributed by atoms with Gasteiger partial charge in [-0.1, -0.05) is 24.3 Å². The van der Waals surface area contributed by atoms with Crippen LogP contribution in [0.3, 0.4) is 0 Å². The van der Waals surface area contributed by atoms with Crippen LogP contribution < -0.4 is 10.1 Å². The number of carbonyl (C=O) groups is 2. The van der Waals surface area contributed by atoms with Gasteiger partial charge in [-0.3, -0.25) is 14.5 Å². The van der Waals surface area contributed by atoms with Crippen LogP contribution in [0.5, 0.6) is 5.75 Å². The zero-order chi connectivity index (χ0) is 23.4. The fourth-order valence-electron chi connectivity index (χ4n) is 3.66. The van der Waals surface area contributed by atoms with Crippen LogP contribution in [0, 0.1) is 20.8 Å². The predicted octanol–water partition coefficient (Wildman–Crippen LogP) is 4.63. The molecule has 32 heavy (non-hydrogen) atoms. The van der Waals surface area contributed by atoms with Crippen LogP contribution in [-0.4, -0.2) is 43.1 Å². The average Bonchev–Trinajstić information content (AvgIpc) is 2.97. The SMILES string of the molecule is COc1ccc(C)cc1NC1=C(c2ccc(C)c(C)c2)C(=O)N(CCCOC(C)C)C1=O. The summed E-state index contributed by atoms with van der Waals surface area (Å²) in [5.74, 6) is -0.0279. The highest BCUT2D eigenvalue weighted by atomic mass is 16.5. The minimum absolute atomic E-state index is 0.107. The van der Waals surface area contributed by atoms with Gasteiger partial charge in [0, 0.05) is 13.2 Å². The lowest BCUT2D eigenvalue weighted by Gasteiger charge is -2.16. The van der Waals surface area contributed by atoms with Crippen LogP contribution in [0.1, 0.15) is 42.5 Å². The zero-order valence-electron chi connectivity index (χ0n) is 19.7. The molecule has 0 radical (unpaired) electrons. The quantitative estimate of drug-likeness (QED) is 0.459. The second-order valence-electron chi connectivity index (χ2n) is 8.41. The fourth-order valence-corrected chi connectivity index (χ4v) is 3.66. The highest BCUT2D eigenvalue weighted by molar-refractivity contribution is 6.36. The summed E-state index contributed by atoms with van der Waals surface area (Å²) >= 11 is 0. The first-order chi connectivity index (χ1) is 15.2. The Labute approximate surface area is 190 Å². The van der Waals surface area contributed by atoms with Crippen molar-refractivity contribution in [1.82, 2.24) is 4.90 Å². The lowest BCUT2D eigenvalue weighted by atomic mass is 9.99. The molecule has 0 atom stereocenters. The van der Waals surface area contributed by atoms with Gasteiger partial charge in [0.25, 0.3) is 11.8 Å². The number of nitrogens with one attached hydrogen (secondary N) is 1. The van der Waals surface area contributed by atoms with Crippen LogP contribution in [-0.2, 0) is 14.3 Å². The molecule has 0 bridgehead atoms. The van der Waals surface area contributed by atoms with Crippen molar-refractivity contribution in [2.24, 2.45) is 0 Å². The molecule has 170 valence electrons. The first-order valence-electron chi connectivity index (χ1n) is 10.9. The van der Waals surface area contributed by atoms with Gasteiger partial charge in [-0.05, 0) is 75.4 Å². The van der Waals surface area contributed by atoms with Gasteiger partial charge < -0.3 is 14.8 Å². The summed E-state index contributed by atoms with van der Waals surface area (Å²) in [6.45, 7) is 10.7. The number of imide groups is 1. The maximum atomic E-state index is 13.4. The molecule has 0 saturated carbocycles. The number of hydrogen-bond acceptors (Lipinski definition) is 5. The molecule has 6 nitrogen and oxygen atoms in total. The van der Waals surface area contributed by atoms with Crippen LogP contribution >= 0.6 is 0 Å². The maximum absolute atomic E-state index is 13.4. The normalized spacial score (nSPS) is 14.0. The van der Waals surface area contributed by atoms with Crippen molar-refractivity contribution in [1.29, 1.82) is 0 Å². The Balaban J connectivity index is 1.99. The minimum atomic E-state index is -0.337. The lowest BCUT2D eigenvalue weighted by molar-refractivity contribution is -0.137. The average molecular weight is 437 g/mol. The summed E-state index contributed by atoms with van der Waals surface area (Å²) in [5.41, 5.74) is 5.23. The van der Waals surface area contributed by atoms with E-state index in [1.54, 1.807) is 7.11 Å². The van der Waals surface area contributed by atoms with E-state index in [0.29, 0.717) is 36.6 Å². The Hall–Kier alpha value is -3.12. The molecule has 2 aromatic rings. The van der Waals surface area contributed by atoms with Crippen LogP contribution in [0.4, 0.5) is 5.69 Å². The third-order valence-corrected chi connectivity index (χ3v) is 5.56. The van der Waals surface area contributed by atoms with E-state index in [0.717, 1.165) is 22.3 Å². The molecule has 0 spiro atoms. The van der Waals surface area contributed by atoms with Gasteiger partial charge in [0.2, 0.25) is 0 Å². The molecule has 0 fully saturated rings. The second kappa shape index (κ2) is 10.0. The van der Waals surface area contributed by atoms with E-state index in [4.69, 9.17) is 9.47 Å². The number of amides is 2. The molecule has 1 heterocycles. The van der Waals surface area contributed by atoms with Crippen molar-refractivity contribution in [3.63, 3.8) is 0 Å². The van der Waals surface area contributed by atoms with Gasteiger partial charge in [0.1, 0.15) is 11.4 Å². The van der Waals surface area contributed by atoms with Crippen LogP contribution in [0.2, 0.25) is 0 Å². The summed E-state index contributed by atoms with van der Waals surface area (Å²) in [6.07, 6.45) is 0.687. The number of nitrogens with zero attached hydrogens (tertiary/aromatic N) is 1. The van der Waals surface area contributed by atoms with Gasteiger partial charge in [0.05, 0.1) is 24.5 Å². The molecule has 1 aliphatic heterocycles. The summed E-state index contributed by atoms with van der Waals surface area (Å²) in [7, 11) is 1.58. The van der Waals surface area contributed by atoms with Crippen molar-refractivity contribution < 1.29 is 19.1 Å². The summed E-state index contributed by atoms with van der Waals surface area (Å²) < 4.78 is 11.0. The summed E-state index contributed by atoms with van der Waals surface area (Å²) in [5, 5.41) is 3.21. The molecule has 0 aliphatic carbocycles. The monoisotopic (exact) mass is 436 g/mol. The number of methoxy groups -OCH3 is 1. The van der Waals surface area contributed by atoms with Gasteiger partial charge in [-0.2, -0.15) is 0 Å². The standard InChI is InChI=1S/C26H32N2O4/c1-16(2)32-13-7-12-28-25(29)23(20-10-9-18(4)19(5)15-20)24(26(28)30)27-21-14-17(3)8-11-22(21)31-6/h8-11,14-16,27H,7,12-13H2,1-6H3. The lowest BCUT2D eigenvalue weighted by Crippen LogP contribution is -2.34. The van der Waals surface area contributed by atoms with E-state index in [9.17, 15) is 9.59 Å². The van der Waals surface area contributed by atoms with E-state index < -0.39 is 0 Å². The largest absolute Gasteiger partial charge is 0.495 e. The highest BCUT2D eigenvalue weighted by Gasteiger charge is 2.39. The molecule has 1 aliphatic rings. The maximum Gasteiger partial charge on any atom is 0.278 e. The first-order valence-corrected chi connectivity index (χ1v) is 10.9. The molecule has 0 unspecified atom stereocenters. The number of rotatable bonds is 9. The molecule has 3 rings (SSSR count). The van der Waals surface area contributed by atoms with Gasteiger partial charge in [-0.15, -0.1) is 0 Å². The molecule has 2 amide bonds. The fraction of sp³-hybridized carbons (Fsp3) is 0.385. The van der Waals surface area contributed by atoms with Gasteiger partial charge in [0.15, 0.2) is 0 Å². The molecule has 0 saturated heterocycles. The third-order valence-electron chi connectivity index (χ3n) is 5.56. The molecular weight excluding hydrogens is 404 g/mol. The van der Waals surface area contributed by atoms with Crippen LogP contribution in [0.15, 0.2) is 42.1 Å². The number of benzene rings is 2.